The molecule has 0 bridgehead atoms. The monoisotopic (exact) mass is 381 g/mol. The maximum Gasteiger partial charge on any atom is 0.252 e. The van der Waals surface area contributed by atoms with Crippen LogP contribution in [0.4, 0.5) is 5.82 Å². The number of hydrogen-bond acceptors (Lipinski definition) is 3. The van der Waals surface area contributed by atoms with Gasteiger partial charge in [-0.15, -0.1) is 0 Å². The minimum Gasteiger partial charge on any atom is -0.294 e. The van der Waals surface area contributed by atoms with E-state index >= 15 is 0 Å². The van der Waals surface area contributed by atoms with Crippen molar-refractivity contribution < 1.29 is 4.79 Å². The van der Waals surface area contributed by atoms with E-state index in [1.54, 1.807) is 29.4 Å². The van der Waals surface area contributed by atoms with E-state index in [4.69, 9.17) is 0 Å². The number of carbonyl (C=O) groups is 1. The molecule has 2 heterocycles. The molecule has 0 aliphatic heterocycles. The summed E-state index contributed by atoms with van der Waals surface area (Å²) in [6.07, 6.45) is 6.81. The molecule has 0 spiro atoms. The van der Waals surface area contributed by atoms with Crippen LogP contribution in [-0.2, 0) is 4.79 Å². The van der Waals surface area contributed by atoms with Gasteiger partial charge in [-0.2, -0.15) is 0 Å². The van der Waals surface area contributed by atoms with Gasteiger partial charge in [-0.25, -0.2) is 4.98 Å². The van der Waals surface area contributed by atoms with E-state index in [1.807, 2.05) is 49.4 Å². The molecule has 3 aromatic rings. The number of nitrogens with zero attached hydrogens (tertiary/aromatic N) is 3. The highest BCUT2D eigenvalue weighted by Crippen LogP contribution is 2.18. The summed E-state index contributed by atoms with van der Waals surface area (Å²) in [5.41, 5.74) is 1.80. The van der Waals surface area contributed by atoms with Crippen molar-refractivity contribution in [2.24, 2.45) is 0 Å². The van der Waals surface area contributed by atoms with Gasteiger partial charge in [-0.1, -0.05) is 24.3 Å². The van der Waals surface area contributed by atoms with E-state index in [-0.39, 0.29) is 5.91 Å². The first kappa shape index (κ1) is 16.3. The number of carbonyl (C=O) groups excluding carboxylic acids is 1. The van der Waals surface area contributed by atoms with Crippen LogP contribution in [0.5, 0.6) is 0 Å². The van der Waals surface area contributed by atoms with Gasteiger partial charge in [0, 0.05) is 40.4 Å². The van der Waals surface area contributed by atoms with Gasteiger partial charge < -0.3 is 0 Å². The molecule has 24 heavy (non-hydrogen) atoms. The zero-order chi connectivity index (χ0) is 16.9. The second kappa shape index (κ2) is 7.36. The van der Waals surface area contributed by atoms with Crippen molar-refractivity contribution in [3.63, 3.8) is 0 Å². The highest BCUT2D eigenvalue weighted by Gasteiger charge is 2.12. The lowest BCUT2D eigenvalue weighted by molar-refractivity contribution is -0.114. The summed E-state index contributed by atoms with van der Waals surface area (Å²) < 4.78 is 0.882. The number of benzene rings is 1. The molecule has 0 saturated carbocycles. The number of likely N-dealkylation sites (N-methyl/N-ethyl adjacent to an activating group) is 1. The lowest BCUT2D eigenvalue weighted by Gasteiger charge is -2.17. The van der Waals surface area contributed by atoms with Gasteiger partial charge >= 0.3 is 0 Å². The summed E-state index contributed by atoms with van der Waals surface area (Å²) in [4.78, 5) is 22.8. The van der Waals surface area contributed by atoms with Gasteiger partial charge in [0.1, 0.15) is 5.82 Å². The number of pyridine rings is 2. The number of fused-ring (bicyclic) bond motifs is 1. The molecule has 5 heteroatoms. The standard InChI is InChI=1S/C19H16BrN3O/c1-2-23(17-10-9-16(20)13-22-17)18(24)11-8-15-6-3-5-14-7-4-12-21-19(14)15/h3-13H,2H2,1H3/b11-8+. The lowest BCUT2D eigenvalue weighted by atomic mass is 10.1. The summed E-state index contributed by atoms with van der Waals surface area (Å²) in [7, 11) is 0. The van der Waals surface area contributed by atoms with Crippen LogP contribution in [0.1, 0.15) is 12.5 Å². The molecular weight excluding hydrogens is 366 g/mol. The van der Waals surface area contributed by atoms with E-state index < -0.39 is 0 Å². The van der Waals surface area contributed by atoms with Crippen molar-refractivity contribution in [2.45, 2.75) is 6.92 Å². The van der Waals surface area contributed by atoms with Crippen molar-refractivity contribution in [1.29, 1.82) is 0 Å². The highest BCUT2D eigenvalue weighted by atomic mass is 79.9. The molecule has 0 radical (unpaired) electrons. The molecule has 3 rings (SSSR count). The largest absolute Gasteiger partial charge is 0.294 e. The van der Waals surface area contributed by atoms with E-state index in [0.29, 0.717) is 12.4 Å². The number of aromatic nitrogens is 2. The topological polar surface area (TPSA) is 46.1 Å². The van der Waals surface area contributed by atoms with E-state index in [2.05, 4.69) is 25.9 Å². The quantitative estimate of drug-likeness (QED) is 0.626. The van der Waals surface area contributed by atoms with Gasteiger partial charge in [0.15, 0.2) is 0 Å². The molecule has 1 amide bonds. The average molecular weight is 382 g/mol. The fourth-order valence-corrected chi connectivity index (χ4v) is 2.71. The van der Waals surface area contributed by atoms with Gasteiger partial charge in [0.05, 0.1) is 5.52 Å². The maximum atomic E-state index is 12.5. The maximum absolute atomic E-state index is 12.5. The molecule has 0 unspecified atom stereocenters. The van der Waals surface area contributed by atoms with Crippen LogP contribution in [0, 0.1) is 0 Å². The zero-order valence-electron chi connectivity index (χ0n) is 13.2. The van der Waals surface area contributed by atoms with Crippen LogP contribution in [0.3, 0.4) is 0 Å². The Morgan fingerprint density at radius 1 is 1.17 bits per heavy atom. The third-order valence-electron chi connectivity index (χ3n) is 3.64. The Kier molecular flexibility index (Phi) is 5.01. The fourth-order valence-electron chi connectivity index (χ4n) is 2.47. The van der Waals surface area contributed by atoms with Crippen LogP contribution in [0.15, 0.2) is 65.4 Å². The Balaban J connectivity index is 1.86. The summed E-state index contributed by atoms with van der Waals surface area (Å²) in [5, 5.41) is 1.05. The second-order valence-corrected chi connectivity index (χ2v) is 6.09. The Labute approximate surface area is 149 Å². The van der Waals surface area contributed by atoms with Gasteiger partial charge in [-0.05, 0) is 47.1 Å². The van der Waals surface area contributed by atoms with Crippen LogP contribution in [0.2, 0.25) is 0 Å². The van der Waals surface area contributed by atoms with Crippen LogP contribution in [0.25, 0.3) is 17.0 Å². The van der Waals surface area contributed by atoms with Gasteiger partial charge in [-0.3, -0.25) is 14.7 Å². The molecule has 120 valence electrons. The predicted octanol–water partition coefficient (Wildman–Crippen LogP) is 4.46. The normalized spacial score (nSPS) is 11.1. The molecule has 0 N–H and O–H groups in total. The molecule has 0 aliphatic carbocycles. The number of rotatable bonds is 4. The Hall–Kier alpha value is -2.53. The Bertz CT molecular complexity index is 885. The molecule has 0 atom stereocenters. The van der Waals surface area contributed by atoms with Crippen LogP contribution < -0.4 is 4.90 Å². The summed E-state index contributed by atoms with van der Waals surface area (Å²) in [6.45, 7) is 2.47. The highest BCUT2D eigenvalue weighted by molar-refractivity contribution is 9.10. The lowest BCUT2D eigenvalue weighted by Crippen LogP contribution is -2.29. The SMILES string of the molecule is CCN(C(=O)/C=C/c1cccc2cccnc12)c1ccc(Br)cn1. The number of hydrogen-bond donors (Lipinski definition) is 0. The summed E-state index contributed by atoms with van der Waals surface area (Å²) in [5.74, 6) is 0.520. The minimum atomic E-state index is -0.111. The van der Waals surface area contributed by atoms with E-state index in [0.717, 1.165) is 20.9 Å². The first-order chi connectivity index (χ1) is 11.7. The fraction of sp³-hybridized carbons (Fsp3) is 0.105. The first-order valence-corrected chi connectivity index (χ1v) is 8.43. The van der Waals surface area contributed by atoms with Gasteiger partial charge in [0.2, 0.25) is 0 Å². The number of para-hydroxylation sites is 1. The zero-order valence-corrected chi connectivity index (χ0v) is 14.8. The van der Waals surface area contributed by atoms with Crippen molar-refractivity contribution in [2.75, 3.05) is 11.4 Å². The molecular formula is C19H16BrN3O. The number of anilines is 1. The van der Waals surface area contributed by atoms with Crippen LogP contribution >= 0.6 is 15.9 Å². The van der Waals surface area contributed by atoms with E-state index in [9.17, 15) is 4.79 Å². The molecule has 2 aromatic heterocycles. The predicted molar refractivity (Wildman–Crippen MR) is 101 cm³/mol. The summed E-state index contributed by atoms with van der Waals surface area (Å²) in [6, 6.07) is 13.5. The molecule has 0 aliphatic rings. The first-order valence-electron chi connectivity index (χ1n) is 7.64. The second-order valence-electron chi connectivity index (χ2n) is 5.17. The average Bonchev–Trinajstić information content (AvgIpc) is 2.62. The number of amides is 1. The summed E-state index contributed by atoms with van der Waals surface area (Å²) >= 11 is 3.35. The van der Waals surface area contributed by atoms with Crippen molar-refractivity contribution in [3.05, 3.63) is 71.0 Å². The smallest absolute Gasteiger partial charge is 0.252 e. The van der Waals surface area contributed by atoms with Gasteiger partial charge in [0.25, 0.3) is 5.91 Å². The number of halogens is 1. The third kappa shape index (κ3) is 3.51. The van der Waals surface area contributed by atoms with E-state index in [1.165, 1.54) is 0 Å². The van der Waals surface area contributed by atoms with Crippen molar-refractivity contribution in [1.82, 2.24) is 9.97 Å². The molecule has 0 fully saturated rings. The third-order valence-corrected chi connectivity index (χ3v) is 4.11. The van der Waals surface area contributed by atoms with Crippen molar-refractivity contribution in [3.8, 4) is 0 Å². The molecule has 1 aromatic carbocycles. The minimum absolute atomic E-state index is 0.111. The molecule has 4 nitrogen and oxygen atoms in total. The molecule has 0 saturated heterocycles. The Morgan fingerprint density at radius 3 is 2.75 bits per heavy atom. The van der Waals surface area contributed by atoms with Crippen LogP contribution in [-0.4, -0.2) is 22.4 Å². The Morgan fingerprint density at radius 2 is 2.00 bits per heavy atom. The van der Waals surface area contributed by atoms with Crippen molar-refractivity contribution >= 4 is 44.6 Å².